The van der Waals surface area contributed by atoms with Crippen molar-refractivity contribution in [1.82, 2.24) is 0 Å². The molecule has 3 atom stereocenters. The summed E-state index contributed by atoms with van der Waals surface area (Å²) >= 11 is 0. The van der Waals surface area contributed by atoms with Gasteiger partial charge in [0.25, 0.3) is 0 Å². The molecule has 1 fully saturated rings. The fourth-order valence-corrected chi connectivity index (χ4v) is 3.67. The second-order valence-corrected chi connectivity index (χ2v) is 6.88. The molecule has 1 aromatic rings. The van der Waals surface area contributed by atoms with Crippen LogP contribution in [0.1, 0.15) is 79.7 Å². The summed E-state index contributed by atoms with van der Waals surface area (Å²) in [6.45, 7) is 14.9. The van der Waals surface area contributed by atoms with Crippen LogP contribution in [0.5, 0.6) is 0 Å². The van der Waals surface area contributed by atoms with E-state index in [1.807, 2.05) is 33.8 Å². The Morgan fingerprint density at radius 1 is 1.04 bits per heavy atom. The fourth-order valence-electron chi connectivity index (χ4n) is 3.67. The fraction of sp³-hybridized carbons (Fsp3) is 0.667. The monoisotopic (exact) mass is 436 g/mol. The van der Waals surface area contributed by atoms with Crippen molar-refractivity contribution in [2.45, 2.75) is 80.6 Å². The van der Waals surface area contributed by atoms with E-state index in [9.17, 15) is 4.79 Å². The number of carbonyl (C=O) groups excluding carboxylic acids is 1. The van der Waals surface area contributed by atoms with Gasteiger partial charge >= 0.3 is 0 Å². The summed E-state index contributed by atoms with van der Waals surface area (Å²) < 4.78 is 0. The summed E-state index contributed by atoms with van der Waals surface area (Å²) in [7, 11) is 0. The van der Waals surface area contributed by atoms with Gasteiger partial charge in [-0.15, -0.1) is 0 Å². The van der Waals surface area contributed by atoms with Gasteiger partial charge in [0.05, 0.1) is 0 Å². The largest absolute Gasteiger partial charge is 0.358 e. The first-order chi connectivity index (χ1) is 11.6. The molecule has 1 aliphatic carbocycles. The van der Waals surface area contributed by atoms with E-state index >= 15 is 0 Å². The van der Waals surface area contributed by atoms with Gasteiger partial charge in [-0.1, -0.05) is 85.2 Å². The number of Topliss-reactive ketones (excluding diaryl/α,β-unsaturated/α-hetero) is 1. The molecule has 1 aliphatic rings. The van der Waals surface area contributed by atoms with Crippen LogP contribution in [0.15, 0.2) is 30.3 Å². The zero-order valence-corrected chi connectivity index (χ0v) is 21.6. The molecule has 0 N–H and O–H groups in total. The van der Waals surface area contributed by atoms with Crippen LogP contribution in [-0.4, -0.2) is 5.78 Å². The first kappa shape index (κ1) is 30.7. The van der Waals surface area contributed by atoms with Crippen molar-refractivity contribution in [2.75, 3.05) is 0 Å². The summed E-state index contributed by atoms with van der Waals surface area (Å²) in [6, 6.07) is 10.4. The average molecular weight is 437 g/mol. The van der Waals surface area contributed by atoms with Crippen LogP contribution in [0.3, 0.4) is 0 Å². The van der Waals surface area contributed by atoms with Gasteiger partial charge in [-0.05, 0) is 42.6 Å². The third kappa shape index (κ3) is 11.0. The van der Waals surface area contributed by atoms with Crippen molar-refractivity contribution < 1.29 is 37.5 Å². The zero-order valence-electron chi connectivity index (χ0n) is 18.7. The Morgan fingerprint density at radius 3 is 2.08 bits per heavy atom. The van der Waals surface area contributed by atoms with E-state index in [1.165, 1.54) is 18.4 Å². The van der Waals surface area contributed by atoms with E-state index in [1.54, 1.807) is 0 Å². The summed E-state index contributed by atoms with van der Waals surface area (Å²) in [6.07, 6.45) is 5.25. The van der Waals surface area contributed by atoms with Crippen LogP contribution in [0.4, 0.5) is 0 Å². The van der Waals surface area contributed by atoms with Crippen LogP contribution < -0.4 is 0 Å². The Morgan fingerprint density at radius 2 is 1.58 bits per heavy atom. The van der Waals surface area contributed by atoms with Gasteiger partial charge in [0, 0.05) is 45.0 Å². The second kappa shape index (κ2) is 18.4. The van der Waals surface area contributed by atoms with E-state index in [0.29, 0.717) is 30.0 Å². The molecule has 0 saturated heterocycles. The van der Waals surface area contributed by atoms with E-state index in [-0.39, 0.29) is 40.1 Å². The van der Waals surface area contributed by atoms with Gasteiger partial charge in [-0.3, -0.25) is 4.79 Å². The number of aryl methyl sites for hydroxylation is 1. The molecule has 1 radical (unpaired) electrons. The van der Waals surface area contributed by atoms with Crippen molar-refractivity contribution in [1.29, 1.82) is 0 Å². The van der Waals surface area contributed by atoms with Crippen molar-refractivity contribution in [2.24, 2.45) is 23.7 Å². The van der Waals surface area contributed by atoms with Gasteiger partial charge in [0.1, 0.15) is 5.78 Å². The predicted octanol–water partition coefficient (Wildman–Crippen LogP) is 7.40. The first-order valence-corrected chi connectivity index (χ1v) is 10.1. The predicted molar refractivity (Wildman–Crippen MR) is 114 cm³/mol. The maximum Gasteiger partial charge on any atom is 0.136 e. The smallest absolute Gasteiger partial charge is 0.136 e. The van der Waals surface area contributed by atoms with Crippen molar-refractivity contribution in [3.05, 3.63) is 43.3 Å². The summed E-state index contributed by atoms with van der Waals surface area (Å²) in [5, 5.41) is 0. The molecule has 1 aromatic carbocycles. The van der Waals surface area contributed by atoms with E-state index in [2.05, 4.69) is 45.0 Å². The molecule has 0 heterocycles. The third-order valence-corrected chi connectivity index (χ3v) is 4.94. The van der Waals surface area contributed by atoms with Crippen molar-refractivity contribution in [3.63, 3.8) is 0 Å². The summed E-state index contributed by atoms with van der Waals surface area (Å²) in [4.78, 5) is 12.6. The Bertz CT molecular complexity index is 427. The molecule has 0 bridgehead atoms. The number of ketones is 1. The van der Waals surface area contributed by atoms with Crippen LogP contribution in [0, 0.1) is 31.1 Å². The molecule has 0 spiro atoms. The minimum atomic E-state index is 0. The van der Waals surface area contributed by atoms with Crippen LogP contribution in [0.25, 0.3) is 0 Å². The molecule has 0 aromatic heterocycles. The molecule has 2 rings (SSSR count). The van der Waals surface area contributed by atoms with Gasteiger partial charge < -0.3 is 7.43 Å². The molecular weight excluding hydrogens is 393 g/mol. The average Bonchev–Trinajstić information content (AvgIpc) is 2.63. The maximum atomic E-state index is 12.6. The molecule has 2 heteroatoms. The van der Waals surface area contributed by atoms with Gasteiger partial charge in [-0.25, -0.2) is 0 Å². The van der Waals surface area contributed by atoms with Crippen molar-refractivity contribution in [3.8, 4) is 0 Å². The van der Waals surface area contributed by atoms with E-state index in [0.717, 1.165) is 18.8 Å². The van der Waals surface area contributed by atoms with Gasteiger partial charge in [-0.2, -0.15) is 0 Å². The standard InChI is InChI=1S/C19H28O.2C2H6.CH3.Y/c1-14(2)17-11-9-15(3)13-18(17)19(20)12-10-16-7-5-4-6-8-16;2*1-2;;/h4-8,14-15,17-18H,9-13H2,1-3H3;2*1-2H3;1H3;/q;;;-1;. The topological polar surface area (TPSA) is 17.1 Å². The number of hydrogen-bond acceptors (Lipinski definition) is 1. The first-order valence-electron chi connectivity index (χ1n) is 10.1. The third-order valence-electron chi connectivity index (χ3n) is 4.94. The molecule has 1 nitrogen and oxygen atoms in total. The Labute approximate surface area is 190 Å². The number of carbonyl (C=O) groups is 1. The normalized spacial score (nSPS) is 21.0. The van der Waals surface area contributed by atoms with Crippen molar-refractivity contribution >= 4 is 5.78 Å². The molecule has 26 heavy (non-hydrogen) atoms. The number of rotatable bonds is 5. The summed E-state index contributed by atoms with van der Waals surface area (Å²) in [5.41, 5.74) is 1.28. The van der Waals surface area contributed by atoms with E-state index < -0.39 is 0 Å². The summed E-state index contributed by atoms with van der Waals surface area (Å²) in [5.74, 6) is 2.76. The second-order valence-electron chi connectivity index (χ2n) is 6.88. The maximum absolute atomic E-state index is 12.6. The van der Waals surface area contributed by atoms with E-state index in [4.69, 9.17) is 0 Å². The van der Waals surface area contributed by atoms with Crippen LogP contribution in [0.2, 0.25) is 0 Å². The minimum absolute atomic E-state index is 0. The SMILES string of the molecule is CC.CC.CC1CCC(C(C)C)C(C(=O)CCc2ccccc2)C1.[CH3-].[Y]. The Hall–Kier alpha value is -0.00610. The van der Waals surface area contributed by atoms with Crippen LogP contribution >= 0.6 is 0 Å². The zero-order chi connectivity index (χ0) is 18.5. The minimum Gasteiger partial charge on any atom is -0.358 e. The number of benzene rings is 1. The Kier molecular flexibility index (Phi) is 21.7. The number of hydrogen-bond donors (Lipinski definition) is 0. The van der Waals surface area contributed by atoms with Gasteiger partial charge in [0.15, 0.2) is 0 Å². The molecule has 3 unspecified atom stereocenters. The molecular formula is C24H43OY-. The molecule has 1 saturated carbocycles. The van der Waals surface area contributed by atoms with Crippen LogP contribution in [-0.2, 0) is 43.9 Å². The Balaban J connectivity index is -0.000000824. The van der Waals surface area contributed by atoms with Gasteiger partial charge in [0.2, 0.25) is 0 Å². The quantitative estimate of drug-likeness (QED) is 0.440. The molecule has 0 aliphatic heterocycles. The molecule has 149 valence electrons. The molecule has 0 amide bonds.